The highest BCUT2D eigenvalue weighted by Gasteiger charge is 2.35. The number of carbonyl (C=O) groups is 1. The van der Waals surface area contributed by atoms with Crippen molar-refractivity contribution in [3.05, 3.63) is 58.6 Å². The Kier molecular flexibility index (Phi) is 4.82. The van der Waals surface area contributed by atoms with Crippen LogP contribution >= 0.6 is 11.6 Å². The number of aldehydes is 1. The highest BCUT2D eigenvalue weighted by atomic mass is 35.5. The minimum absolute atomic E-state index is 0.226. The third-order valence-electron chi connectivity index (χ3n) is 4.67. The second-order valence-electron chi connectivity index (χ2n) is 6.74. The number of carbonyl (C=O) groups excluding carboxylic acids is 1. The number of anilines is 2. The van der Waals surface area contributed by atoms with Gasteiger partial charge in [0.05, 0.1) is 16.8 Å². The highest BCUT2D eigenvalue weighted by molar-refractivity contribution is 6.31. The first-order valence-electron chi connectivity index (χ1n) is 8.27. The maximum absolute atomic E-state index is 11.3. The first-order chi connectivity index (χ1) is 11.9. The minimum Gasteiger partial charge on any atom is -0.475 e. The van der Waals surface area contributed by atoms with Gasteiger partial charge in [-0.1, -0.05) is 37.6 Å². The van der Waals surface area contributed by atoms with Crippen LogP contribution in [0, 0.1) is 5.92 Å². The summed E-state index contributed by atoms with van der Waals surface area (Å²) in [6.45, 7) is 6.95. The molecule has 5 heteroatoms. The average molecular weight is 357 g/mol. The molecule has 1 atom stereocenters. The molecular formula is C20H21ClN2O2. The quantitative estimate of drug-likeness (QED) is 0.759. The molecule has 25 heavy (non-hydrogen) atoms. The molecule has 0 spiro atoms. The van der Waals surface area contributed by atoms with Gasteiger partial charge >= 0.3 is 0 Å². The maximum Gasteiger partial charge on any atom is 0.218 e. The monoisotopic (exact) mass is 356 g/mol. The van der Waals surface area contributed by atoms with E-state index in [2.05, 4.69) is 26.1 Å². The Morgan fingerprint density at radius 3 is 2.68 bits per heavy atom. The second kappa shape index (κ2) is 6.89. The summed E-state index contributed by atoms with van der Waals surface area (Å²) in [6, 6.07) is 13.0. The highest BCUT2D eigenvalue weighted by Crippen LogP contribution is 2.32. The van der Waals surface area contributed by atoms with Crippen LogP contribution in [0.1, 0.15) is 36.7 Å². The van der Waals surface area contributed by atoms with Crippen LogP contribution < -0.4 is 5.32 Å². The second-order valence-corrected chi connectivity index (χ2v) is 7.17. The molecule has 1 aliphatic rings. The Labute approximate surface area is 152 Å². The molecular weight excluding hydrogens is 336 g/mol. The SMILES string of the molecule is CC(C)[C@]1(C)COC(c2ccccc2Nc2ccc(Cl)cc2C=O)=N1. The molecule has 1 N–H and O–H groups in total. The smallest absolute Gasteiger partial charge is 0.218 e. The van der Waals surface area contributed by atoms with Crippen LogP contribution in [0.25, 0.3) is 0 Å². The Morgan fingerprint density at radius 1 is 1.24 bits per heavy atom. The zero-order chi connectivity index (χ0) is 18.0. The number of nitrogens with one attached hydrogen (secondary N) is 1. The molecule has 0 saturated heterocycles. The van der Waals surface area contributed by atoms with Gasteiger partial charge in [0.1, 0.15) is 6.61 Å². The van der Waals surface area contributed by atoms with Crippen LogP contribution in [-0.4, -0.2) is 24.3 Å². The predicted octanol–water partition coefficient (Wildman–Crippen LogP) is 5.09. The lowest BCUT2D eigenvalue weighted by atomic mass is 9.91. The van der Waals surface area contributed by atoms with Gasteiger partial charge in [-0.25, -0.2) is 4.99 Å². The Morgan fingerprint density at radius 2 is 2.00 bits per heavy atom. The molecule has 0 aliphatic carbocycles. The van der Waals surface area contributed by atoms with Gasteiger partial charge in [-0.15, -0.1) is 0 Å². The van der Waals surface area contributed by atoms with Crippen molar-refractivity contribution in [1.29, 1.82) is 0 Å². The van der Waals surface area contributed by atoms with Crippen molar-refractivity contribution >= 4 is 35.2 Å². The maximum atomic E-state index is 11.3. The zero-order valence-electron chi connectivity index (χ0n) is 14.5. The molecule has 0 fully saturated rings. The van der Waals surface area contributed by atoms with Crippen LogP contribution in [0.4, 0.5) is 11.4 Å². The van der Waals surface area contributed by atoms with Crippen LogP contribution in [0.3, 0.4) is 0 Å². The number of nitrogens with zero attached hydrogens (tertiary/aromatic N) is 1. The number of hydrogen-bond acceptors (Lipinski definition) is 4. The van der Waals surface area contributed by atoms with E-state index in [9.17, 15) is 4.79 Å². The lowest BCUT2D eigenvalue weighted by molar-refractivity contribution is 0.112. The Hall–Kier alpha value is -2.33. The average Bonchev–Trinajstić information content (AvgIpc) is 3.00. The van der Waals surface area contributed by atoms with Crippen LogP contribution in [0.2, 0.25) is 5.02 Å². The van der Waals surface area contributed by atoms with E-state index in [1.807, 2.05) is 24.3 Å². The van der Waals surface area contributed by atoms with Crippen molar-refractivity contribution in [2.75, 3.05) is 11.9 Å². The van der Waals surface area contributed by atoms with Gasteiger partial charge < -0.3 is 10.1 Å². The van der Waals surface area contributed by atoms with Crippen molar-refractivity contribution in [3.8, 4) is 0 Å². The standard InChI is InChI=1S/C20H21ClN2O2/c1-13(2)20(3)12-25-19(23-20)16-6-4-5-7-18(16)22-17-9-8-15(21)10-14(17)11-24/h4-11,13,22H,12H2,1-3H3/t20-/m0/s1. The third-order valence-corrected chi connectivity index (χ3v) is 4.90. The molecule has 0 unspecified atom stereocenters. The van der Waals surface area contributed by atoms with E-state index in [1.54, 1.807) is 18.2 Å². The van der Waals surface area contributed by atoms with E-state index in [-0.39, 0.29) is 5.54 Å². The largest absolute Gasteiger partial charge is 0.475 e. The fourth-order valence-corrected chi connectivity index (χ4v) is 2.79. The van der Waals surface area contributed by atoms with Crippen LogP contribution in [-0.2, 0) is 4.74 Å². The fraction of sp³-hybridized carbons (Fsp3) is 0.300. The van der Waals surface area contributed by atoms with E-state index in [4.69, 9.17) is 21.3 Å². The summed E-state index contributed by atoms with van der Waals surface area (Å²) in [4.78, 5) is 16.1. The molecule has 0 saturated carbocycles. The third kappa shape index (κ3) is 3.54. The molecule has 1 heterocycles. The van der Waals surface area contributed by atoms with Gasteiger partial charge in [-0.2, -0.15) is 0 Å². The molecule has 2 aromatic carbocycles. The first-order valence-corrected chi connectivity index (χ1v) is 8.64. The number of benzene rings is 2. The summed E-state index contributed by atoms with van der Waals surface area (Å²) < 4.78 is 5.89. The zero-order valence-corrected chi connectivity index (χ0v) is 15.3. The predicted molar refractivity (Wildman–Crippen MR) is 102 cm³/mol. The molecule has 130 valence electrons. The van der Waals surface area contributed by atoms with Crippen molar-refractivity contribution < 1.29 is 9.53 Å². The number of rotatable bonds is 5. The lowest BCUT2D eigenvalue weighted by Gasteiger charge is -2.22. The minimum atomic E-state index is -0.226. The van der Waals surface area contributed by atoms with E-state index < -0.39 is 0 Å². The van der Waals surface area contributed by atoms with Crippen molar-refractivity contribution in [2.24, 2.45) is 10.9 Å². The summed E-state index contributed by atoms with van der Waals surface area (Å²) >= 11 is 5.97. The molecule has 1 aliphatic heterocycles. The topological polar surface area (TPSA) is 50.7 Å². The van der Waals surface area contributed by atoms with Crippen molar-refractivity contribution in [1.82, 2.24) is 0 Å². The summed E-state index contributed by atoms with van der Waals surface area (Å²) in [5.41, 5.74) is 2.68. The summed E-state index contributed by atoms with van der Waals surface area (Å²) in [7, 11) is 0. The van der Waals surface area contributed by atoms with E-state index in [0.29, 0.717) is 34.7 Å². The van der Waals surface area contributed by atoms with E-state index >= 15 is 0 Å². The molecule has 0 aromatic heterocycles. The van der Waals surface area contributed by atoms with E-state index in [1.165, 1.54) is 0 Å². The molecule has 0 bridgehead atoms. The Balaban J connectivity index is 1.97. The fourth-order valence-electron chi connectivity index (χ4n) is 2.61. The van der Waals surface area contributed by atoms with Gasteiger partial charge in [0, 0.05) is 16.3 Å². The molecule has 2 aromatic rings. The van der Waals surface area contributed by atoms with Gasteiger partial charge in [-0.3, -0.25) is 4.79 Å². The lowest BCUT2D eigenvalue weighted by Crippen LogP contribution is -2.30. The Bertz CT molecular complexity index is 832. The number of para-hydroxylation sites is 1. The summed E-state index contributed by atoms with van der Waals surface area (Å²) in [6.07, 6.45) is 0.788. The summed E-state index contributed by atoms with van der Waals surface area (Å²) in [5, 5.41) is 3.83. The van der Waals surface area contributed by atoms with E-state index in [0.717, 1.165) is 17.5 Å². The number of ether oxygens (including phenoxy) is 1. The molecule has 3 rings (SSSR count). The summed E-state index contributed by atoms with van der Waals surface area (Å²) in [5.74, 6) is 1.00. The van der Waals surface area contributed by atoms with Crippen molar-refractivity contribution in [2.45, 2.75) is 26.3 Å². The van der Waals surface area contributed by atoms with Gasteiger partial charge in [-0.05, 0) is 43.2 Å². The van der Waals surface area contributed by atoms with Crippen LogP contribution in [0.5, 0.6) is 0 Å². The van der Waals surface area contributed by atoms with Crippen LogP contribution in [0.15, 0.2) is 47.5 Å². The molecule has 0 amide bonds. The van der Waals surface area contributed by atoms with Gasteiger partial charge in [0.2, 0.25) is 5.90 Å². The van der Waals surface area contributed by atoms with Crippen molar-refractivity contribution in [3.63, 3.8) is 0 Å². The molecule has 0 radical (unpaired) electrons. The first kappa shape index (κ1) is 17.5. The number of hydrogen-bond donors (Lipinski definition) is 1. The number of aliphatic imine (C=N–C) groups is 1. The number of halogens is 1. The van der Waals surface area contributed by atoms with Gasteiger partial charge in [0.15, 0.2) is 6.29 Å². The molecule has 4 nitrogen and oxygen atoms in total. The van der Waals surface area contributed by atoms with Gasteiger partial charge in [0.25, 0.3) is 0 Å². The normalized spacial score (nSPS) is 19.5.